The quantitative estimate of drug-likeness (QED) is 0.609. The molecule has 4 rings (SSSR count). The maximum atomic E-state index is 12.8. The number of aryl methyl sites for hydroxylation is 1. The van der Waals surface area contributed by atoms with Crippen molar-refractivity contribution in [2.75, 3.05) is 44.6 Å². The minimum absolute atomic E-state index is 0.345. The van der Waals surface area contributed by atoms with Gasteiger partial charge in [0.15, 0.2) is 0 Å². The summed E-state index contributed by atoms with van der Waals surface area (Å²) < 4.78 is 32.4. The standard InChI is InChI=1S/C22H25N3O4S/c1-17-6-8-18(9-7-17)30(27,28)25-14-12-24(13-15-25)11-10-23-20-16-22(26)29-21-5-3-2-4-19(20)21/h2-9,16,23H,10-15H2,1H3. The van der Waals surface area contributed by atoms with Crippen LogP contribution in [-0.4, -0.2) is 56.9 Å². The first-order chi connectivity index (χ1) is 14.4. The number of fused-ring (bicyclic) bond motifs is 1. The molecule has 30 heavy (non-hydrogen) atoms. The molecule has 2 aromatic carbocycles. The molecule has 7 nitrogen and oxygen atoms in total. The number of benzene rings is 2. The molecule has 2 heterocycles. The van der Waals surface area contributed by atoms with Gasteiger partial charge in [0.1, 0.15) is 5.58 Å². The van der Waals surface area contributed by atoms with E-state index in [1.54, 1.807) is 22.5 Å². The molecule has 1 N–H and O–H groups in total. The molecule has 8 heteroatoms. The molecular weight excluding hydrogens is 402 g/mol. The van der Waals surface area contributed by atoms with Crippen LogP contribution in [0.4, 0.5) is 5.69 Å². The second kappa shape index (κ2) is 8.59. The Morgan fingerprint density at radius 1 is 1.00 bits per heavy atom. The Morgan fingerprint density at radius 3 is 2.43 bits per heavy atom. The summed E-state index contributed by atoms with van der Waals surface area (Å²) in [5.41, 5.74) is 1.96. The summed E-state index contributed by atoms with van der Waals surface area (Å²) in [5, 5.41) is 4.18. The van der Waals surface area contributed by atoms with E-state index in [9.17, 15) is 13.2 Å². The SMILES string of the molecule is Cc1ccc(S(=O)(=O)N2CCN(CCNc3cc(=O)oc4ccccc34)CC2)cc1. The van der Waals surface area contributed by atoms with Crippen LogP contribution >= 0.6 is 0 Å². The normalized spacial score (nSPS) is 16.0. The van der Waals surface area contributed by atoms with Crippen molar-refractivity contribution in [2.24, 2.45) is 0 Å². The zero-order chi connectivity index (χ0) is 21.1. The summed E-state index contributed by atoms with van der Waals surface area (Å²) in [5.74, 6) is 0. The fraction of sp³-hybridized carbons (Fsp3) is 0.318. The molecule has 0 saturated carbocycles. The molecule has 0 radical (unpaired) electrons. The minimum atomic E-state index is -3.45. The Hall–Kier alpha value is -2.68. The van der Waals surface area contributed by atoms with Crippen LogP contribution in [0.25, 0.3) is 11.0 Å². The highest BCUT2D eigenvalue weighted by molar-refractivity contribution is 7.89. The van der Waals surface area contributed by atoms with E-state index in [0.29, 0.717) is 43.2 Å². The molecule has 0 atom stereocenters. The molecular formula is C22H25N3O4S. The van der Waals surface area contributed by atoms with Gasteiger partial charge in [-0.1, -0.05) is 29.8 Å². The zero-order valence-electron chi connectivity index (χ0n) is 16.9. The fourth-order valence-corrected chi connectivity index (χ4v) is 5.08. The number of anilines is 1. The van der Waals surface area contributed by atoms with Crippen molar-refractivity contribution in [2.45, 2.75) is 11.8 Å². The van der Waals surface area contributed by atoms with Crippen molar-refractivity contribution in [1.29, 1.82) is 0 Å². The first-order valence-corrected chi connectivity index (χ1v) is 11.4. The van der Waals surface area contributed by atoms with Gasteiger partial charge in [0.05, 0.1) is 10.6 Å². The van der Waals surface area contributed by atoms with E-state index >= 15 is 0 Å². The van der Waals surface area contributed by atoms with Crippen molar-refractivity contribution in [3.63, 3.8) is 0 Å². The average molecular weight is 428 g/mol. The maximum absolute atomic E-state index is 12.8. The summed E-state index contributed by atoms with van der Waals surface area (Å²) in [6.07, 6.45) is 0. The van der Waals surface area contributed by atoms with Crippen LogP contribution in [0.1, 0.15) is 5.56 Å². The number of nitrogens with zero attached hydrogens (tertiary/aromatic N) is 2. The topological polar surface area (TPSA) is 82.9 Å². The number of rotatable bonds is 6. The van der Waals surface area contributed by atoms with Gasteiger partial charge in [0.25, 0.3) is 0 Å². The Kier molecular flexibility index (Phi) is 5.90. The Balaban J connectivity index is 1.33. The summed E-state index contributed by atoms with van der Waals surface area (Å²) in [6, 6.07) is 15.9. The van der Waals surface area contributed by atoms with Crippen molar-refractivity contribution in [3.05, 3.63) is 70.6 Å². The monoisotopic (exact) mass is 427 g/mol. The molecule has 3 aromatic rings. The fourth-order valence-electron chi connectivity index (χ4n) is 3.66. The lowest BCUT2D eigenvalue weighted by molar-refractivity contribution is 0.194. The van der Waals surface area contributed by atoms with Crippen molar-refractivity contribution in [1.82, 2.24) is 9.21 Å². The molecule has 1 saturated heterocycles. The van der Waals surface area contributed by atoms with Gasteiger partial charge < -0.3 is 9.73 Å². The van der Waals surface area contributed by atoms with Gasteiger partial charge in [0.2, 0.25) is 10.0 Å². The summed E-state index contributed by atoms with van der Waals surface area (Å²) in [7, 11) is -3.45. The summed E-state index contributed by atoms with van der Waals surface area (Å²) in [4.78, 5) is 14.3. The number of piperazine rings is 1. The number of hydrogen-bond acceptors (Lipinski definition) is 6. The third-order valence-electron chi connectivity index (χ3n) is 5.38. The van der Waals surface area contributed by atoms with E-state index < -0.39 is 10.0 Å². The summed E-state index contributed by atoms with van der Waals surface area (Å²) in [6.45, 7) is 5.62. The number of hydrogen-bond donors (Lipinski definition) is 1. The molecule has 1 aliphatic rings. The Morgan fingerprint density at radius 2 is 1.70 bits per heavy atom. The van der Waals surface area contributed by atoms with Crippen LogP contribution in [0, 0.1) is 6.92 Å². The van der Waals surface area contributed by atoms with Crippen LogP contribution in [0.3, 0.4) is 0 Å². The minimum Gasteiger partial charge on any atom is -0.423 e. The van der Waals surface area contributed by atoms with Crippen molar-refractivity contribution in [3.8, 4) is 0 Å². The Labute approximate surface area is 176 Å². The van der Waals surface area contributed by atoms with Gasteiger partial charge in [0, 0.05) is 50.7 Å². The lowest BCUT2D eigenvalue weighted by Crippen LogP contribution is -2.49. The van der Waals surface area contributed by atoms with Crippen LogP contribution in [0.5, 0.6) is 0 Å². The largest absolute Gasteiger partial charge is 0.423 e. The highest BCUT2D eigenvalue weighted by Crippen LogP contribution is 2.21. The number of nitrogens with one attached hydrogen (secondary N) is 1. The van der Waals surface area contributed by atoms with E-state index in [1.165, 1.54) is 6.07 Å². The number of para-hydroxylation sites is 1. The van der Waals surface area contributed by atoms with Crippen LogP contribution in [-0.2, 0) is 10.0 Å². The van der Waals surface area contributed by atoms with E-state index in [-0.39, 0.29) is 5.63 Å². The predicted octanol–water partition coefficient (Wildman–Crippen LogP) is 2.52. The molecule has 0 aliphatic carbocycles. The molecule has 1 fully saturated rings. The maximum Gasteiger partial charge on any atom is 0.338 e. The lowest BCUT2D eigenvalue weighted by Gasteiger charge is -2.34. The smallest absolute Gasteiger partial charge is 0.338 e. The van der Waals surface area contributed by atoms with Crippen LogP contribution in [0.2, 0.25) is 0 Å². The van der Waals surface area contributed by atoms with Gasteiger partial charge >= 0.3 is 5.63 Å². The van der Waals surface area contributed by atoms with Gasteiger partial charge in [-0.15, -0.1) is 0 Å². The molecule has 0 amide bonds. The molecule has 0 bridgehead atoms. The van der Waals surface area contributed by atoms with Crippen LogP contribution < -0.4 is 10.9 Å². The van der Waals surface area contributed by atoms with Gasteiger partial charge in [-0.25, -0.2) is 13.2 Å². The zero-order valence-corrected chi connectivity index (χ0v) is 17.7. The molecule has 0 unspecified atom stereocenters. The van der Waals surface area contributed by atoms with Gasteiger partial charge in [-0.2, -0.15) is 4.31 Å². The van der Waals surface area contributed by atoms with Gasteiger partial charge in [-0.05, 0) is 31.2 Å². The van der Waals surface area contributed by atoms with E-state index in [1.807, 2.05) is 37.3 Å². The molecule has 158 valence electrons. The first kappa shape index (κ1) is 20.6. The molecule has 1 aliphatic heterocycles. The van der Waals surface area contributed by atoms with E-state index in [2.05, 4.69) is 10.2 Å². The predicted molar refractivity (Wildman–Crippen MR) is 117 cm³/mol. The van der Waals surface area contributed by atoms with E-state index in [4.69, 9.17) is 4.42 Å². The highest BCUT2D eigenvalue weighted by atomic mass is 32.2. The second-order valence-corrected chi connectivity index (χ2v) is 9.40. The average Bonchev–Trinajstić information content (AvgIpc) is 2.74. The van der Waals surface area contributed by atoms with Gasteiger partial charge in [-0.3, -0.25) is 4.90 Å². The van der Waals surface area contributed by atoms with Crippen molar-refractivity contribution >= 4 is 26.7 Å². The lowest BCUT2D eigenvalue weighted by atomic mass is 10.2. The van der Waals surface area contributed by atoms with E-state index in [0.717, 1.165) is 23.2 Å². The second-order valence-electron chi connectivity index (χ2n) is 7.46. The third kappa shape index (κ3) is 4.40. The molecule has 1 aromatic heterocycles. The third-order valence-corrected chi connectivity index (χ3v) is 7.30. The first-order valence-electron chi connectivity index (χ1n) is 9.99. The van der Waals surface area contributed by atoms with Crippen LogP contribution in [0.15, 0.2) is 68.7 Å². The van der Waals surface area contributed by atoms with Crippen molar-refractivity contribution < 1.29 is 12.8 Å². The number of sulfonamides is 1. The highest BCUT2D eigenvalue weighted by Gasteiger charge is 2.28. The Bertz CT molecular complexity index is 1180. The molecule has 0 spiro atoms. The summed E-state index contributed by atoms with van der Waals surface area (Å²) >= 11 is 0.